The summed E-state index contributed by atoms with van der Waals surface area (Å²) in [5, 5.41) is 15.2. The summed E-state index contributed by atoms with van der Waals surface area (Å²) >= 11 is 13.2. The van der Waals surface area contributed by atoms with Gasteiger partial charge < -0.3 is 19.7 Å². The molecule has 0 saturated heterocycles. The summed E-state index contributed by atoms with van der Waals surface area (Å²) in [5.41, 5.74) is 0.128. The molecular weight excluding hydrogens is 507 g/mol. The van der Waals surface area contributed by atoms with Crippen molar-refractivity contribution in [2.45, 2.75) is 25.7 Å². The van der Waals surface area contributed by atoms with E-state index in [9.17, 15) is 14.7 Å². The summed E-state index contributed by atoms with van der Waals surface area (Å²) in [6, 6.07) is 15.8. The molecule has 1 unspecified atom stereocenters. The van der Waals surface area contributed by atoms with Gasteiger partial charge in [0.2, 0.25) is 5.43 Å². The lowest BCUT2D eigenvalue weighted by molar-refractivity contribution is -0.0429. The third kappa shape index (κ3) is 5.94. The van der Waals surface area contributed by atoms with E-state index in [-0.39, 0.29) is 30.8 Å². The van der Waals surface area contributed by atoms with E-state index >= 15 is 0 Å². The molecule has 2 N–H and O–H groups in total. The lowest BCUT2D eigenvalue weighted by Gasteiger charge is -2.23. The molecule has 4 aromatic rings. The molecule has 0 fully saturated rings. The van der Waals surface area contributed by atoms with E-state index in [1.807, 2.05) is 12.1 Å². The number of thiophene rings is 1. The van der Waals surface area contributed by atoms with Gasteiger partial charge in [0.15, 0.2) is 0 Å². The molecule has 4 rings (SSSR count). The van der Waals surface area contributed by atoms with E-state index in [4.69, 9.17) is 27.9 Å². The van der Waals surface area contributed by atoms with Crippen molar-refractivity contribution in [2.75, 3.05) is 6.61 Å². The minimum Gasteiger partial charge on any atom is -0.383 e. The number of hydrogen-bond acceptors (Lipinski definition) is 5. The van der Waals surface area contributed by atoms with Crippen molar-refractivity contribution >= 4 is 50.7 Å². The quantitative estimate of drug-likeness (QED) is 0.325. The molecule has 2 heterocycles. The zero-order chi connectivity index (χ0) is 25.2. The maximum absolute atomic E-state index is 13.1. The average Bonchev–Trinajstić information content (AvgIpc) is 3.26. The molecule has 0 aliphatic carbocycles. The van der Waals surface area contributed by atoms with Gasteiger partial charge in [0.05, 0.1) is 18.6 Å². The maximum atomic E-state index is 13.1. The summed E-state index contributed by atoms with van der Waals surface area (Å²) in [6.45, 7) is 2.25. The van der Waals surface area contributed by atoms with Crippen LogP contribution in [0.4, 0.5) is 0 Å². The molecule has 0 radical (unpaired) electrons. The number of aliphatic hydroxyl groups is 1. The van der Waals surface area contributed by atoms with Gasteiger partial charge in [-0.05, 0) is 48.4 Å². The highest BCUT2D eigenvalue weighted by atomic mass is 35.5. The predicted molar refractivity (Wildman–Crippen MR) is 140 cm³/mol. The van der Waals surface area contributed by atoms with Gasteiger partial charge in [-0.15, -0.1) is 11.3 Å². The Morgan fingerprint density at radius 2 is 1.74 bits per heavy atom. The first-order valence-electron chi connectivity index (χ1n) is 10.8. The number of nitrogens with one attached hydrogen (secondary N) is 1. The van der Waals surface area contributed by atoms with Crippen LogP contribution in [0.1, 0.15) is 33.3 Å². The number of aromatic nitrogens is 1. The minimum absolute atomic E-state index is 0.0671. The van der Waals surface area contributed by atoms with Crippen LogP contribution in [0.25, 0.3) is 10.2 Å². The lowest BCUT2D eigenvalue weighted by Crippen LogP contribution is -2.29. The van der Waals surface area contributed by atoms with E-state index in [2.05, 4.69) is 5.32 Å². The number of rotatable bonds is 8. The number of amides is 1. The monoisotopic (exact) mass is 530 g/mol. The van der Waals surface area contributed by atoms with Gasteiger partial charge in [-0.3, -0.25) is 9.59 Å². The molecule has 9 heteroatoms. The number of carbonyl (C=O) groups excluding carboxylic acids is 1. The van der Waals surface area contributed by atoms with E-state index in [0.29, 0.717) is 21.0 Å². The average molecular weight is 531 g/mol. The second-order valence-electron chi connectivity index (χ2n) is 8.50. The molecule has 6 nitrogen and oxygen atoms in total. The van der Waals surface area contributed by atoms with Gasteiger partial charge in [0, 0.05) is 34.7 Å². The number of nitrogens with zero attached hydrogens (tertiary/aromatic N) is 1. The Balaban J connectivity index is 1.45. The smallest absolute Gasteiger partial charge is 0.257 e. The van der Waals surface area contributed by atoms with Gasteiger partial charge in [-0.1, -0.05) is 47.5 Å². The normalized spacial score (nSPS) is 13.1. The van der Waals surface area contributed by atoms with Crippen LogP contribution in [0.5, 0.6) is 0 Å². The van der Waals surface area contributed by atoms with Gasteiger partial charge in [-0.2, -0.15) is 0 Å². The Bertz CT molecular complexity index is 1410. The first-order chi connectivity index (χ1) is 16.6. The van der Waals surface area contributed by atoms with Crippen LogP contribution in [-0.4, -0.2) is 22.2 Å². The van der Waals surface area contributed by atoms with Gasteiger partial charge >= 0.3 is 0 Å². The number of hydrogen-bond donors (Lipinski definition) is 2. The second kappa shape index (κ2) is 10.5. The van der Waals surface area contributed by atoms with Crippen LogP contribution < -0.4 is 10.7 Å². The summed E-state index contributed by atoms with van der Waals surface area (Å²) in [6.07, 6.45) is 1.55. The van der Waals surface area contributed by atoms with Crippen molar-refractivity contribution < 1.29 is 14.6 Å². The van der Waals surface area contributed by atoms with Crippen molar-refractivity contribution in [2.24, 2.45) is 7.05 Å². The van der Waals surface area contributed by atoms with Crippen LogP contribution in [-0.2, 0) is 30.5 Å². The van der Waals surface area contributed by atoms with Crippen molar-refractivity contribution in [3.63, 3.8) is 0 Å². The summed E-state index contributed by atoms with van der Waals surface area (Å²) in [7, 11) is 1.80. The number of pyridine rings is 1. The molecule has 0 bridgehead atoms. The van der Waals surface area contributed by atoms with Crippen LogP contribution in [0.15, 0.2) is 65.6 Å². The summed E-state index contributed by atoms with van der Waals surface area (Å²) in [4.78, 5) is 27.4. The van der Waals surface area contributed by atoms with E-state index in [1.165, 1.54) is 11.3 Å². The Kier molecular flexibility index (Phi) is 7.64. The number of ether oxygens (including phenoxy) is 1. The second-order valence-corrected chi connectivity index (χ2v) is 10.5. The molecule has 2 aromatic heterocycles. The molecule has 182 valence electrons. The SMILES string of the molecule is Cn1cc(C(=O)NCc2ccc(Cl)cc2)c(=O)c2cc(COCC(C)(O)c3ccc(Cl)cc3)sc21. The molecule has 0 aliphatic rings. The van der Waals surface area contributed by atoms with Gasteiger partial charge in [0.1, 0.15) is 16.0 Å². The van der Waals surface area contributed by atoms with Crippen molar-refractivity contribution in [1.82, 2.24) is 9.88 Å². The fourth-order valence-electron chi connectivity index (χ4n) is 3.67. The van der Waals surface area contributed by atoms with E-state index in [0.717, 1.165) is 15.3 Å². The largest absolute Gasteiger partial charge is 0.383 e. The van der Waals surface area contributed by atoms with Crippen molar-refractivity contribution in [1.29, 1.82) is 0 Å². The molecule has 1 amide bonds. The van der Waals surface area contributed by atoms with Crippen LogP contribution in [0.2, 0.25) is 10.0 Å². The van der Waals surface area contributed by atoms with Crippen molar-refractivity contribution in [3.05, 3.63) is 103 Å². The Morgan fingerprint density at radius 1 is 1.11 bits per heavy atom. The fourth-order valence-corrected chi connectivity index (χ4v) is 4.94. The number of halogens is 2. The molecule has 0 aliphatic heterocycles. The molecule has 2 aromatic carbocycles. The van der Waals surface area contributed by atoms with Gasteiger partial charge in [0.25, 0.3) is 5.91 Å². The Labute approximate surface area is 216 Å². The number of carbonyl (C=O) groups is 1. The topological polar surface area (TPSA) is 80.6 Å². The molecule has 0 saturated carbocycles. The molecule has 35 heavy (non-hydrogen) atoms. The fraction of sp³-hybridized carbons (Fsp3) is 0.231. The standard InChI is InChI=1S/C26H24Cl2N2O4S/c1-26(33,17-5-9-19(28)10-6-17)15-34-14-20-11-21-23(31)22(13-30(2)25(21)35-20)24(32)29-12-16-3-7-18(27)8-4-16/h3-11,13,33H,12,14-15H2,1-2H3,(H,29,32). The number of aryl methyl sites for hydroxylation is 1. The highest BCUT2D eigenvalue weighted by Crippen LogP contribution is 2.26. The first kappa shape index (κ1) is 25.4. The first-order valence-corrected chi connectivity index (χ1v) is 12.4. The number of fused-ring (bicyclic) bond motifs is 1. The minimum atomic E-state index is -1.19. The van der Waals surface area contributed by atoms with Gasteiger partial charge in [-0.25, -0.2) is 0 Å². The Hall–Kier alpha value is -2.68. The lowest BCUT2D eigenvalue weighted by atomic mass is 9.97. The predicted octanol–water partition coefficient (Wildman–Crippen LogP) is 5.26. The molecule has 0 spiro atoms. The number of benzene rings is 2. The van der Waals surface area contributed by atoms with Crippen LogP contribution >= 0.6 is 34.5 Å². The van der Waals surface area contributed by atoms with E-state index < -0.39 is 11.5 Å². The Morgan fingerprint density at radius 3 is 2.40 bits per heavy atom. The third-order valence-corrected chi connectivity index (χ3v) is 7.30. The molecular formula is C26H24Cl2N2O4S. The zero-order valence-corrected chi connectivity index (χ0v) is 21.5. The van der Waals surface area contributed by atoms with E-state index in [1.54, 1.807) is 67.2 Å². The summed E-state index contributed by atoms with van der Waals surface area (Å²) < 4.78 is 7.55. The summed E-state index contributed by atoms with van der Waals surface area (Å²) in [5.74, 6) is -0.439. The van der Waals surface area contributed by atoms with Crippen molar-refractivity contribution in [3.8, 4) is 0 Å². The highest BCUT2D eigenvalue weighted by Gasteiger charge is 2.24. The zero-order valence-electron chi connectivity index (χ0n) is 19.2. The highest BCUT2D eigenvalue weighted by molar-refractivity contribution is 7.18. The van der Waals surface area contributed by atoms with Crippen LogP contribution in [0.3, 0.4) is 0 Å². The third-order valence-electron chi connectivity index (χ3n) is 5.60. The molecule has 1 atom stereocenters. The maximum Gasteiger partial charge on any atom is 0.257 e. The van der Waals surface area contributed by atoms with Crippen LogP contribution in [0, 0.1) is 0 Å².